The molecule has 0 unspecified atom stereocenters. The highest BCUT2D eigenvalue weighted by molar-refractivity contribution is 5.58. The van der Waals surface area contributed by atoms with Gasteiger partial charge in [0.1, 0.15) is 11.5 Å². The Hall–Kier alpha value is -3.88. The smallest absolute Gasteiger partial charge is 0.326 e. The largest absolute Gasteiger partial charge is 0.493 e. The van der Waals surface area contributed by atoms with Crippen molar-refractivity contribution in [2.24, 2.45) is 4.99 Å². The van der Waals surface area contributed by atoms with Gasteiger partial charge in [-0.05, 0) is 42.9 Å². The van der Waals surface area contributed by atoms with Crippen LogP contribution in [0.25, 0.3) is 11.7 Å². The summed E-state index contributed by atoms with van der Waals surface area (Å²) in [4.78, 5) is 26.0. The molecule has 156 valence electrons. The second-order valence-corrected chi connectivity index (χ2v) is 8.12. The Bertz CT molecular complexity index is 1480. The predicted molar refractivity (Wildman–Crippen MR) is 115 cm³/mol. The van der Waals surface area contributed by atoms with E-state index < -0.39 is 5.69 Å². The quantitative estimate of drug-likeness (QED) is 0.398. The van der Waals surface area contributed by atoms with Gasteiger partial charge in [-0.1, -0.05) is 24.3 Å². The first-order valence-electron chi connectivity index (χ1n) is 10.4. The topological polar surface area (TPSA) is 123 Å². The zero-order valence-corrected chi connectivity index (χ0v) is 16.7. The van der Waals surface area contributed by atoms with Gasteiger partial charge < -0.3 is 15.4 Å². The van der Waals surface area contributed by atoms with Gasteiger partial charge >= 0.3 is 5.69 Å². The maximum absolute atomic E-state index is 11.5. The summed E-state index contributed by atoms with van der Waals surface area (Å²) < 4.78 is 1.71. The van der Waals surface area contributed by atoms with Crippen LogP contribution in [0.15, 0.2) is 46.3 Å². The molecule has 3 aromatic heterocycles. The van der Waals surface area contributed by atoms with E-state index in [1.807, 2.05) is 6.07 Å². The molecule has 1 atom stereocenters. The Morgan fingerprint density at radius 3 is 2.90 bits per heavy atom. The van der Waals surface area contributed by atoms with Gasteiger partial charge in [-0.3, -0.25) is 9.98 Å². The first kappa shape index (κ1) is 17.9. The summed E-state index contributed by atoms with van der Waals surface area (Å²) in [6.07, 6.45) is 7.54. The van der Waals surface area contributed by atoms with Crippen LogP contribution >= 0.6 is 0 Å². The van der Waals surface area contributed by atoms with Gasteiger partial charge in [0.15, 0.2) is 11.1 Å². The molecule has 31 heavy (non-hydrogen) atoms. The Labute approximate surface area is 176 Å². The fraction of sp³-hybridized carbons (Fsp3) is 0.273. The Morgan fingerprint density at radius 1 is 1.23 bits per heavy atom. The number of fused-ring (bicyclic) bond motifs is 2. The normalized spacial score (nSPS) is 19.3. The van der Waals surface area contributed by atoms with Gasteiger partial charge in [-0.25, -0.2) is 9.78 Å². The lowest BCUT2D eigenvalue weighted by atomic mass is 10.1. The van der Waals surface area contributed by atoms with Crippen molar-refractivity contribution < 1.29 is 5.11 Å². The molecule has 0 amide bonds. The monoisotopic (exact) mass is 415 g/mol. The summed E-state index contributed by atoms with van der Waals surface area (Å²) in [7, 11) is 0. The molecular formula is C22H21N7O2. The number of benzene rings is 1. The number of aromatic nitrogens is 5. The molecule has 0 bridgehead atoms. The number of H-pyrrole nitrogens is 2. The zero-order chi connectivity index (χ0) is 20.9. The molecule has 3 heterocycles. The van der Waals surface area contributed by atoms with Crippen LogP contribution in [0, 0.1) is 0 Å². The molecule has 2 aliphatic rings. The highest BCUT2D eigenvalue weighted by Gasteiger charge is 2.23. The number of rotatable bonds is 4. The van der Waals surface area contributed by atoms with E-state index in [0.717, 1.165) is 37.0 Å². The van der Waals surface area contributed by atoms with E-state index in [1.165, 1.54) is 11.1 Å². The lowest BCUT2D eigenvalue weighted by molar-refractivity contribution is 0.454. The molecule has 9 heteroatoms. The van der Waals surface area contributed by atoms with Crippen molar-refractivity contribution in [2.45, 2.75) is 37.8 Å². The number of nitrogens with zero attached hydrogens (tertiary/aromatic N) is 4. The molecule has 2 aliphatic carbocycles. The minimum atomic E-state index is -0.472. The molecule has 6 rings (SSSR count). The van der Waals surface area contributed by atoms with Crippen LogP contribution < -0.4 is 21.7 Å². The van der Waals surface area contributed by atoms with E-state index in [-0.39, 0.29) is 17.6 Å². The Morgan fingerprint density at radius 2 is 2.10 bits per heavy atom. The summed E-state index contributed by atoms with van der Waals surface area (Å²) in [5.74, 6) is 0.514. The van der Waals surface area contributed by atoms with Crippen molar-refractivity contribution in [3.05, 3.63) is 74.5 Å². The van der Waals surface area contributed by atoms with Gasteiger partial charge in [0.25, 0.3) is 0 Å². The van der Waals surface area contributed by atoms with E-state index in [1.54, 1.807) is 16.8 Å². The van der Waals surface area contributed by atoms with Gasteiger partial charge in [0, 0.05) is 11.3 Å². The molecule has 0 saturated heterocycles. The lowest BCUT2D eigenvalue weighted by Crippen LogP contribution is -2.21. The summed E-state index contributed by atoms with van der Waals surface area (Å²) >= 11 is 0. The number of aryl methyl sites for hydroxylation is 1. The Balaban J connectivity index is 1.48. The van der Waals surface area contributed by atoms with Gasteiger partial charge in [0.2, 0.25) is 5.88 Å². The Kier molecular flexibility index (Phi) is 3.95. The first-order chi connectivity index (χ1) is 15.1. The summed E-state index contributed by atoms with van der Waals surface area (Å²) in [6, 6.07) is 10.9. The van der Waals surface area contributed by atoms with Crippen LogP contribution in [0.4, 0.5) is 5.82 Å². The van der Waals surface area contributed by atoms with Crippen LogP contribution in [0.2, 0.25) is 0 Å². The molecule has 4 N–H and O–H groups in total. The molecule has 0 spiro atoms. The van der Waals surface area contributed by atoms with E-state index in [4.69, 9.17) is 9.98 Å². The van der Waals surface area contributed by atoms with Crippen molar-refractivity contribution in [3.8, 4) is 5.88 Å². The van der Waals surface area contributed by atoms with Crippen LogP contribution in [-0.2, 0) is 6.42 Å². The first-order valence-corrected chi connectivity index (χ1v) is 10.4. The van der Waals surface area contributed by atoms with Crippen LogP contribution in [0.3, 0.4) is 0 Å². The summed E-state index contributed by atoms with van der Waals surface area (Å²) in [5, 5.41) is 18.6. The number of nitrogens with one attached hydrogen (secondary N) is 3. The molecule has 1 saturated carbocycles. The second-order valence-electron chi connectivity index (χ2n) is 8.12. The fourth-order valence-electron chi connectivity index (χ4n) is 4.16. The summed E-state index contributed by atoms with van der Waals surface area (Å²) in [5.41, 5.74) is 3.84. The van der Waals surface area contributed by atoms with Crippen LogP contribution in [0.1, 0.15) is 42.1 Å². The van der Waals surface area contributed by atoms with E-state index >= 15 is 0 Å². The van der Waals surface area contributed by atoms with Crippen molar-refractivity contribution in [2.75, 3.05) is 5.32 Å². The van der Waals surface area contributed by atoms with Crippen molar-refractivity contribution in [1.29, 1.82) is 0 Å². The van der Waals surface area contributed by atoms with Gasteiger partial charge in [-0.2, -0.15) is 9.61 Å². The molecule has 4 aromatic rings. The van der Waals surface area contributed by atoms with Crippen molar-refractivity contribution in [1.82, 2.24) is 24.6 Å². The highest BCUT2D eigenvalue weighted by atomic mass is 16.3. The predicted octanol–water partition coefficient (Wildman–Crippen LogP) is 1.16. The standard InChI is InChI=1S/C22H21N7O2/c30-21-17(26-22(31)28-21)9-13-11-23-29-19(24-14-6-7-14)10-18(27-20(13)29)25-16-8-5-12-3-1-2-4-15(12)16/h1-4,9-11,14,16,25,30H,5-8H2,(H2,26,28,31)/t16-/m1/s1. The number of imidazole rings is 1. The molecular weight excluding hydrogens is 394 g/mol. The van der Waals surface area contributed by atoms with E-state index in [9.17, 15) is 9.90 Å². The highest BCUT2D eigenvalue weighted by Crippen LogP contribution is 2.33. The van der Waals surface area contributed by atoms with Crippen molar-refractivity contribution >= 4 is 17.5 Å². The third-order valence-electron chi connectivity index (χ3n) is 5.83. The second kappa shape index (κ2) is 6.83. The fourth-order valence-corrected chi connectivity index (χ4v) is 4.16. The van der Waals surface area contributed by atoms with E-state index in [2.05, 4.69) is 44.6 Å². The van der Waals surface area contributed by atoms with Gasteiger partial charge in [-0.15, -0.1) is 0 Å². The van der Waals surface area contributed by atoms with Gasteiger partial charge in [0.05, 0.1) is 18.3 Å². The third kappa shape index (κ3) is 3.27. The minimum Gasteiger partial charge on any atom is -0.493 e. The number of hydrogen-bond donors (Lipinski definition) is 4. The average Bonchev–Trinajstić information content (AvgIpc) is 3.20. The minimum absolute atomic E-state index is 0.195. The number of aromatic amines is 2. The molecule has 0 radical (unpaired) electrons. The number of aromatic hydroxyl groups is 1. The SMILES string of the molecule is O=c1[nH]c(O)c(C=c2cnn3c(=NC4CC4)cc(N[C@@H]4CCc5ccccc54)nc23)[nH]1. The average molecular weight is 415 g/mol. The maximum Gasteiger partial charge on any atom is 0.326 e. The molecule has 1 aromatic carbocycles. The number of hydrogen-bond acceptors (Lipinski definition) is 6. The zero-order valence-electron chi connectivity index (χ0n) is 16.7. The van der Waals surface area contributed by atoms with Crippen molar-refractivity contribution in [3.63, 3.8) is 0 Å². The third-order valence-corrected chi connectivity index (χ3v) is 5.83. The number of anilines is 1. The van der Waals surface area contributed by atoms with E-state index in [0.29, 0.717) is 16.9 Å². The molecule has 1 fully saturated rings. The molecule has 9 nitrogen and oxygen atoms in total. The molecule has 0 aliphatic heterocycles. The summed E-state index contributed by atoms with van der Waals surface area (Å²) in [6.45, 7) is 0. The van der Waals surface area contributed by atoms with Crippen LogP contribution in [0.5, 0.6) is 5.88 Å². The van der Waals surface area contributed by atoms with Crippen LogP contribution in [-0.4, -0.2) is 35.7 Å². The lowest BCUT2D eigenvalue weighted by Gasteiger charge is -2.15. The maximum atomic E-state index is 11.5.